The summed E-state index contributed by atoms with van der Waals surface area (Å²) in [6.07, 6.45) is 0.744. The molecule has 2 rings (SSSR count). The van der Waals surface area contributed by atoms with E-state index in [0.717, 1.165) is 12.0 Å². The van der Waals surface area contributed by atoms with Crippen LogP contribution in [0.15, 0.2) is 36.4 Å². The van der Waals surface area contributed by atoms with Crippen LogP contribution in [0.5, 0.6) is 11.5 Å². The summed E-state index contributed by atoms with van der Waals surface area (Å²) in [4.78, 5) is 0. The first-order chi connectivity index (χ1) is 13.4. The molecule has 0 bridgehead atoms. The Hall–Kier alpha value is -2.65. The van der Waals surface area contributed by atoms with Gasteiger partial charge < -0.3 is 20.1 Å². The molecule has 0 aliphatic carbocycles. The first-order valence-corrected chi connectivity index (χ1v) is 9.32. The predicted octanol–water partition coefficient (Wildman–Crippen LogP) is 3.06. The zero-order valence-electron chi connectivity index (χ0n) is 15.9. The molecule has 0 radical (unpaired) electrons. The Labute approximate surface area is 174 Å². The van der Waals surface area contributed by atoms with E-state index in [1.54, 1.807) is 33.3 Å². The number of rotatable bonds is 6. The molecule has 9 heteroatoms. The lowest BCUT2D eigenvalue weighted by atomic mass is 10.1. The van der Waals surface area contributed by atoms with Gasteiger partial charge in [-0.25, -0.2) is 4.39 Å². The van der Waals surface area contributed by atoms with Crippen LogP contribution in [-0.4, -0.2) is 31.0 Å². The second kappa shape index (κ2) is 10.6. The van der Waals surface area contributed by atoms with Crippen molar-refractivity contribution in [3.05, 3.63) is 53.3 Å². The lowest BCUT2D eigenvalue weighted by molar-refractivity contribution is 0.354. The summed E-state index contributed by atoms with van der Waals surface area (Å²) in [6.45, 7) is 2.32. The molecular weight excluding hydrogens is 399 g/mol. The Bertz CT molecular complexity index is 849. The number of hydrazine groups is 1. The van der Waals surface area contributed by atoms with Gasteiger partial charge in [-0.1, -0.05) is 12.1 Å². The fourth-order valence-electron chi connectivity index (χ4n) is 2.35. The fourth-order valence-corrected chi connectivity index (χ4v) is 2.67. The van der Waals surface area contributed by atoms with Crippen molar-refractivity contribution in [2.75, 3.05) is 26.1 Å². The molecule has 0 unspecified atom stereocenters. The monoisotopic (exact) mass is 422 g/mol. The van der Waals surface area contributed by atoms with Crippen molar-refractivity contribution in [3.8, 4) is 11.5 Å². The van der Waals surface area contributed by atoms with Crippen molar-refractivity contribution in [1.82, 2.24) is 16.2 Å². The fraction of sp³-hybridized carbons (Fsp3) is 0.263. The van der Waals surface area contributed by atoms with Crippen molar-refractivity contribution in [3.63, 3.8) is 0 Å². The topological polar surface area (TPSA) is 66.6 Å². The zero-order valence-corrected chi connectivity index (χ0v) is 17.5. The summed E-state index contributed by atoms with van der Waals surface area (Å²) in [6, 6.07) is 10.6. The maximum atomic E-state index is 13.5. The van der Waals surface area contributed by atoms with Gasteiger partial charge in [0.05, 0.1) is 14.2 Å². The summed E-state index contributed by atoms with van der Waals surface area (Å²) in [7, 11) is 3.21. The van der Waals surface area contributed by atoms with Crippen LogP contribution in [-0.2, 0) is 6.42 Å². The zero-order chi connectivity index (χ0) is 20.5. The number of methoxy groups -OCH3 is 2. The van der Waals surface area contributed by atoms with Crippen LogP contribution in [0.4, 0.5) is 10.1 Å². The van der Waals surface area contributed by atoms with Crippen LogP contribution in [0.1, 0.15) is 11.1 Å². The van der Waals surface area contributed by atoms with Crippen LogP contribution in [0, 0.1) is 12.7 Å². The summed E-state index contributed by atoms with van der Waals surface area (Å²) < 4.78 is 24.1. The number of ether oxygens (including phenoxy) is 2. The van der Waals surface area contributed by atoms with E-state index in [2.05, 4.69) is 21.5 Å². The van der Waals surface area contributed by atoms with Crippen LogP contribution in [0.2, 0.25) is 0 Å². The minimum Gasteiger partial charge on any atom is -0.493 e. The number of hydrogen-bond acceptors (Lipinski definition) is 4. The third-order valence-corrected chi connectivity index (χ3v) is 4.32. The molecular formula is C19H23FN4O2S2. The van der Waals surface area contributed by atoms with Gasteiger partial charge in [0.25, 0.3) is 0 Å². The Morgan fingerprint density at radius 3 is 2.36 bits per heavy atom. The predicted molar refractivity (Wildman–Crippen MR) is 117 cm³/mol. The first-order valence-electron chi connectivity index (χ1n) is 8.51. The van der Waals surface area contributed by atoms with Gasteiger partial charge in [0, 0.05) is 12.2 Å². The number of benzene rings is 2. The standard InChI is InChI=1S/C19H23FN4O2S2/c1-12-4-6-14(11-15(12)20)22-19(28)24-23-18(27)21-9-8-13-5-7-16(25-2)17(10-13)26-3/h4-7,10-11H,8-9H2,1-3H3,(H2,21,23,27)(H2,22,24,28). The molecule has 0 aliphatic heterocycles. The van der Waals surface area contributed by atoms with Crippen molar-refractivity contribution >= 4 is 40.3 Å². The van der Waals surface area contributed by atoms with Gasteiger partial charge >= 0.3 is 0 Å². The molecule has 2 aromatic rings. The molecule has 0 amide bonds. The number of nitrogens with one attached hydrogen (secondary N) is 4. The van der Waals surface area contributed by atoms with E-state index >= 15 is 0 Å². The Balaban J connectivity index is 1.72. The Morgan fingerprint density at radius 2 is 1.68 bits per heavy atom. The van der Waals surface area contributed by atoms with E-state index in [4.69, 9.17) is 33.9 Å². The lowest BCUT2D eigenvalue weighted by Crippen LogP contribution is -2.48. The van der Waals surface area contributed by atoms with Gasteiger partial charge in [0.1, 0.15) is 5.82 Å². The average molecular weight is 423 g/mol. The molecule has 0 spiro atoms. The third kappa shape index (κ3) is 6.50. The molecule has 150 valence electrons. The lowest BCUT2D eigenvalue weighted by Gasteiger charge is -2.15. The number of anilines is 1. The van der Waals surface area contributed by atoms with E-state index in [0.29, 0.717) is 34.4 Å². The van der Waals surface area contributed by atoms with E-state index < -0.39 is 0 Å². The van der Waals surface area contributed by atoms with E-state index in [-0.39, 0.29) is 10.9 Å². The molecule has 0 aromatic heterocycles. The number of thiocarbonyl (C=S) groups is 2. The highest BCUT2D eigenvalue weighted by atomic mass is 32.1. The van der Waals surface area contributed by atoms with Crippen molar-refractivity contribution in [2.45, 2.75) is 13.3 Å². The molecule has 0 heterocycles. The van der Waals surface area contributed by atoms with Crippen molar-refractivity contribution in [2.24, 2.45) is 0 Å². The van der Waals surface area contributed by atoms with Crippen LogP contribution < -0.4 is 31.0 Å². The molecule has 6 nitrogen and oxygen atoms in total. The Morgan fingerprint density at radius 1 is 0.964 bits per heavy atom. The van der Waals surface area contributed by atoms with Gasteiger partial charge in [-0.05, 0) is 73.2 Å². The number of hydrogen-bond donors (Lipinski definition) is 4. The van der Waals surface area contributed by atoms with Crippen LogP contribution in [0.3, 0.4) is 0 Å². The molecule has 0 saturated carbocycles. The molecule has 4 N–H and O–H groups in total. The molecule has 0 fully saturated rings. The van der Waals surface area contributed by atoms with Gasteiger partial charge in [0.2, 0.25) is 0 Å². The highest BCUT2D eigenvalue weighted by Crippen LogP contribution is 2.27. The molecule has 0 aliphatic rings. The second-order valence-corrected chi connectivity index (χ2v) is 6.68. The van der Waals surface area contributed by atoms with Crippen LogP contribution >= 0.6 is 24.4 Å². The number of halogens is 1. The van der Waals surface area contributed by atoms with Gasteiger partial charge in [0.15, 0.2) is 21.7 Å². The van der Waals surface area contributed by atoms with E-state index in [1.807, 2.05) is 18.2 Å². The third-order valence-electron chi connectivity index (χ3n) is 3.87. The summed E-state index contributed by atoms with van der Waals surface area (Å²) in [5.74, 6) is 1.08. The van der Waals surface area contributed by atoms with Crippen molar-refractivity contribution in [1.29, 1.82) is 0 Å². The quantitative estimate of drug-likeness (QED) is 0.419. The second-order valence-electron chi connectivity index (χ2n) is 5.86. The van der Waals surface area contributed by atoms with Gasteiger partial charge in [-0.15, -0.1) is 0 Å². The smallest absolute Gasteiger partial charge is 0.189 e. The van der Waals surface area contributed by atoms with E-state index in [1.165, 1.54) is 6.07 Å². The highest BCUT2D eigenvalue weighted by molar-refractivity contribution is 7.80. The minimum atomic E-state index is -0.298. The molecule has 0 atom stereocenters. The largest absolute Gasteiger partial charge is 0.493 e. The van der Waals surface area contributed by atoms with Crippen LogP contribution in [0.25, 0.3) is 0 Å². The normalized spacial score (nSPS) is 10.0. The summed E-state index contributed by atoms with van der Waals surface area (Å²) >= 11 is 10.4. The maximum absolute atomic E-state index is 13.5. The first kappa shape index (κ1) is 21.6. The molecule has 0 saturated heterocycles. The van der Waals surface area contributed by atoms with E-state index in [9.17, 15) is 4.39 Å². The maximum Gasteiger partial charge on any atom is 0.189 e. The molecule has 2 aromatic carbocycles. The van der Waals surface area contributed by atoms with Gasteiger partial charge in [-0.3, -0.25) is 10.9 Å². The average Bonchev–Trinajstić information content (AvgIpc) is 2.69. The number of aryl methyl sites for hydroxylation is 1. The summed E-state index contributed by atoms with van der Waals surface area (Å²) in [5, 5.41) is 6.61. The van der Waals surface area contributed by atoms with Gasteiger partial charge in [-0.2, -0.15) is 0 Å². The summed E-state index contributed by atoms with van der Waals surface area (Å²) in [5.41, 5.74) is 7.74. The highest BCUT2D eigenvalue weighted by Gasteiger charge is 2.05. The minimum absolute atomic E-state index is 0.271. The Kier molecular flexibility index (Phi) is 8.21. The molecule has 28 heavy (non-hydrogen) atoms. The SMILES string of the molecule is COc1ccc(CCNC(=S)NNC(=S)Nc2ccc(C)c(F)c2)cc1OC. The van der Waals surface area contributed by atoms with Crippen molar-refractivity contribution < 1.29 is 13.9 Å².